The zero-order chi connectivity index (χ0) is 15.2. The van der Waals surface area contributed by atoms with E-state index in [9.17, 15) is 0 Å². The fourth-order valence-electron chi connectivity index (χ4n) is 2.67. The van der Waals surface area contributed by atoms with Crippen molar-refractivity contribution in [1.29, 1.82) is 0 Å². The molecule has 1 N–H and O–H groups in total. The first-order valence-electron chi connectivity index (χ1n) is 7.70. The smallest absolute Gasteiger partial charge is 0.163 e. The van der Waals surface area contributed by atoms with Crippen molar-refractivity contribution in [1.82, 2.24) is 20.2 Å². The van der Waals surface area contributed by atoms with E-state index in [0.717, 1.165) is 61.5 Å². The Balaban J connectivity index is 1.58. The summed E-state index contributed by atoms with van der Waals surface area (Å²) in [4.78, 5) is 10.7. The number of hydrogen-bond donors (Lipinski definition) is 1. The molecule has 0 saturated carbocycles. The third-order valence-electron chi connectivity index (χ3n) is 3.88. The molecule has 1 aromatic carbocycles. The number of rotatable bonds is 6. The van der Waals surface area contributed by atoms with Crippen molar-refractivity contribution in [2.75, 3.05) is 46.4 Å². The van der Waals surface area contributed by atoms with E-state index in [1.54, 1.807) is 19.6 Å². The monoisotopic (exact) mass is 302 g/mol. The summed E-state index contributed by atoms with van der Waals surface area (Å²) in [5.41, 5.74) is 0.868. The van der Waals surface area contributed by atoms with Crippen molar-refractivity contribution in [3.05, 3.63) is 24.7 Å². The minimum Gasteiger partial charge on any atom is -0.493 e. The number of nitrogens with zero attached hydrogens (tertiary/aromatic N) is 3. The van der Waals surface area contributed by atoms with Crippen molar-refractivity contribution >= 4 is 10.9 Å². The predicted molar refractivity (Wildman–Crippen MR) is 85.5 cm³/mol. The van der Waals surface area contributed by atoms with Crippen LogP contribution in [0.3, 0.4) is 0 Å². The SMILES string of the molecule is COc1cc2cncnc2cc1OCCCN1CCNCC1. The summed E-state index contributed by atoms with van der Waals surface area (Å²) < 4.78 is 11.3. The van der Waals surface area contributed by atoms with Crippen LogP contribution in [0.5, 0.6) is 11.5 Å². The first kappa shape index (κ1) is 15.0. The van der Waals surface area contributed by atoms with Crippen LogP contribution in [0.15, 0.2) is 24.7 Å². The Morgan fingerprint density at radius 1 is 1.23 bits per heavy atom. The average molecular weight is 302 g/mol. The predicted octanol–water partition coefficient (Wildman–Crippen LogP) is 1.31. The molecule has 0 bridgehead atoms. The van der Waals surface area contributed by atoms with Gasteiger partial charge in [-0.25, -0.2) is 9.97 Å². The maximum Gasteiger partial charge on any atom is 0.163 e. The summed E-state index contributed by atoms with van der Waals surface area (Å²) in [7, 11) is 1.65. The average Bonchev–Trinajstić information content (AvgIpc) is 2.59. The minimum atomic E-state index is 0.677. The molecule has 0 spiro atoms. The number of hydrogen-bond acceptors (Lipinski definition) is 6. The molecule has 0 unspecified atom stereocenters. The van der Waals surface area contributed by atoms with Gasteiger partial charge in [0.25, 0.3) is 0 Å². The van der Waals surface area contributed by atoms with Crippen LogP contribution in [0.2, 0.25) is 0 Å². The van der Waals surface area contributed by atoms with E-state index < -0.39 is 0 Å². The van der Waals surface area contributed by atoms with E-state index in [4.69, 9.17) is 9.47 Å². The normalized spacial score (nSPS) is 15.9. The van der Waals surface area contributed by atoms with Gasteiger partial charge in [0.05, 0.1) is 19.2 Å². The molecule has 1 fully saturated rings. The van der Waals surface area contributed by atoms with Gasteiger partial charge in [-0.2, -0.15) is 0 Å². The molecular weight excluding hydrogens is 280 g/mol. The van der Waals surface area contributed by atoms with Crippen LogP contribution in [-0.2, 0) is 0 Å². The summed E-state index contributed by atoms with van der Waals surface area (Å²) in [6.07, 6.45) is 4.33. The second-order valence-corrected chi connectivity index (χ2v) is 5.38. The molecule has 2 heterocycles. The second kappa shape index (κ2) is 7.38. The summed E-state index contributed by atoms with van der Waals surface area (Å²) in [5, 5.41) is 4.31. The quantitative estimate of drug-likeness (QED) is 0.812. The molecule has 6 nitrogen and oxygen atoms in total. The van der Waals surface area contributed by atoms with Crippen LogP contribution >= 0.6 is 0 Å². The fraction of sp³-hybridized carbons (Fsp3) is 0.500. The maximum absolute atomic E-state index is 5.90. The van der Waals surface area contributed by atoms with Gasteiger partial charge >= 0.3 is 0 Å². The van der Waals surface area contributed by atoms with Crippen LogP contribution in [-0.4, -0.2) is 61.3 Å². The molecular formula is C16H22N4O2. The largest absolute Gasteiger partial charge is 0.493 e. The summed E-state index contributed by atoms with van der Waals surface area (Å²) in [6.45, 7) is 6.15. The third kappa shape index (κ3) is 3.64. The highest BCUT2D eigenvalue weighted by Gasteiger charge is 2.10. The lowest BCUT2D eigenvalue weighted by Crippen LogP contribution is -2.43. The van der Waals surface area contributed by atoms with Gasteiger partial charge in [-0.05, 0) is 12.5 Å². The van der Waals surface area contributed by atoms with E-state index in [-0.39, 0.29) is 0 Å². The van der Waals surface area contributed by atoms with Gasteiger partial charge in [0, 0.05) is 50.4 Å². The lowest BCUT2D eigenvalue weighted by molar-refractivity contribution is 0.211. The minimum absolute atomic E-state index is 0.677. The maximum atomic E-state index is 5.90. The van der Waals surface area contributed by atoms with Crippen molar-refractivity contribution in [2.45, 2.75) is 6.42 Å². The van der Waals surface area contributed by atoms with Crippen molar-refractivity contribution < 1.29 is 9.47 Å². The molecule has 0 aliphatic carbocycles. The van der Waals surface area contributed by atoms with Crippen LogP contribution in [0.25, 0.3) is 10.9 Å². The molecule has 1 aliphatic rings. The number of aromatic nitrogens is 2. The number of methoxy groups -OCH3 is 1. The molecule has 3 rings (SSSR count). The van der Waals surface area contributed by atoms with Crippen LogP contribution in [0.1, 0.15) is 6.42 Å². The Kier molecular flexibility index (Phi) is 5.03. The second-order valence-electron chi connectivity index (χ2n) is 5.38. The number of nitrogens with one attached hydrogen (secondary N) is 1. The van der Waals surface area contributed by atoms with Gasteiger partial charge in [-0.3, -0.25) is 0 Å². The van der Waals surface area contributed by atoms with E-state index in [1.807, 2.05) is 12.1 Å². The number of benzene rings is 1. The summed E-state index contributed by atoms with van der Waals surface area (Å²) in [6, 6.07) is 3.83. The molecule has 1 aliphatic heterocycles. The fourth-order valence-corrected chi connectivity index (χ4v) is 2.67. The Morgan fingerprint density at radius 2 is 2.09 bits per heavy atom. The van der Waals surface area contributed by atoms with Gasteiger partial charge in [0.2, 0.25) is 0 Å². The molecule has 6 heteroatoms. The Morgan fingerprint density at radius 3 is 2.91 bits per heavy atom. The molecule has 2 aromatic rings. The molecule has 0 radical (unpaired) electrons. The molecule has 1 saturated heterocycles. The highest BCUT2D eigenvalue weighted by Crippen LogP contribution is 2.31. The lowest BCUT2D eigenvalue weighted by Gasteiger charge is -2.27. The summed E-state index contributed by atoms with van der Waals surface area (Å²) in [5.74, 6) is 1.47. The number of ether oxygens (including phenoxy) is 2. The Bertz CT molecular complexity index is 614. The number of piperazine rings is 1. The van der Waals surface area contributed by atoms with Crippen molar-refractivity contribution in [3.8, 4) is 11.5 Å². The Hall–Kier alpha value is -1.92. The first-order chi connectivity index (χ1) is 10.9. The third-order valence-corrected chi connectivity index (χ3v) is 3.88. The molecule has 0 atom stereocenters. The lowest BCUT2D eigenvalue weighted by atomic mass is 10.2. The van der Waals surface area contributed by atoms with Gasteiger partial charge in [-0.15, -0.1) is 0 Å². The van der Waals surface area contributed by atoms with Gasteiger partial charge in [0.15, 0.2) is 11.5 Å². The van der Waals surface area contributed by atoms with E-state index in [1.165, 1.54) is 0 Å². The molecule has 0 amide bonds. The van der Waals surface area contributed by atoms with Crippen molar-refractivity contribution in [2.24, 2.45) is 0 Å². The highest BCUT2D eigenvalue weighted by molar-refractivity contribution is 5.81. The topological polar surface area (TPSA) is 59.5 Å². The van der Waals surface area contributed by atoms with Gasteiger partial charge in [-0.1, -0.05) is 0 Å². The van der Waals surface area contributed by atoms with Crippen molar-refractivity contribution in [3.63, 3.8) is 0 Å². The molecule has 118 valence electrons. The summed E-state index contributed by atoms with van der Waals surface area (Å²) >= 11 is 0. The number of fused-ring (bicyclic) bond motifs is 1. The first-order valence-corrected chi connectivity index (χ1v) is 7.70. The van der Waals surface area contributed by atoms with Crippen LogP contribution < -0.4 is 14.8 Å². The van der Waals surface area contributed by atoms with E-state index in [2.05, 4.69) is 20.2 Å². The molecule has 22 heavy (non-hydrogen) atoms. The van der Waals surface area contributed by atoms with Gasteiger partial charge in [0.1, 0.15) is 6.33 Å². The Labute approximate surface area is 130 Å². The van der Waals surface area contributed by atoms with E-state index >= 15 is 0 Å². The zero-order valence-corrected chi connectivity index (χ0v) is 12.9. The molecule has 1 aromatic heterocycles. The van der Waals surface area contributed by atoms with Crippen LogP contribution in [0.4, 0.5) is 0 Å². The highest BCUT2D eigenvalue weighted by atomic mass is 16.5. The zero-order valence-electron chi connectivity index (χ0n) is 12.9. The van der Waals surface area contributed by atoms with E-state index in [0.29, 0.717) is 6.61 Å². The van der Waals surface area contributed by atoms with Gasteiger partial charge < -0.3 is 19.7 Å². The van der Waals surface area contributed by atoms with Crippen LogP contribution in [0, 0.1) is 0 Å². The standard InChI is InChI=1S/C16H22N4O2/c1-21-15-9-13-11-18-12-19-14(13)10-16(15)22-8-2-5-20-6-3-17-4-7-20/h9-12,17H,2-8H2,1H3.